The van der Waals surface area contributed by atoms with Gasteiger partial charge in [0.1, 0.15) is 12.4 Å². The Morgan fingerprint density at radius 2 is 2.25 bits per heavy atom. The summed E-state index contributed by atoms with van der Waals surface area (Å²) in [5.41, 5.74) is 3.50. The van der Waals surface area contributed by atoms with Gasteiger partial charge in [-0.1, -0.05) is 18.2 Å². The van der Waals surface area contributed by atoms with Gasteiger partial charge in [0, 0.05) is 44.7 Å². The summed E-state index contributed by atoms with van der Waals surface area (Å²) in [5, 5.41) is 6.72. The monoisotopic (exact) mass is 382 g/mol. The van der Waals surface area contributed by atoms with Crippen molar-refractivity contribution in [2.45, 2.75) is 38.8 Å². The molecule has 0 spiro atoms. The molecule has 1 aromatic heterocycles. The summed E-state index contributed by atoms with van der Waals surface area (Å²) in [4.78, 5) is 8.45. The lowest BCUT2D eigenvalue weighted by molar-refractivity contribution is 0.0676. The Hall–Kier alpha value is -2.60. The van der Waals surface area contributed by atoms with Gasteiger partial charge >= 0.3 is 0 Å². The van der Waals surface area contributed by atoms with E-state index in [4.69, 9.17) is 9.47 Å². The van der Waals surface area contributed by atoms with Crippen molar-refractivity contribution in [2.24, 2.45) is 4.99 Å². The van der Waals surface area contributed by atoms with Crippen molar-refractivity contribution >= 4 is 5.96 Å². The van der Waals surface area contributed by atoms with Gasteiger partial charge in [-0.05, 0) is 49.4 Å². The Balaban J connectivity index is 1.50. The lowest BCUT2D eigenvalue weighted by atomic mass is 10.1. The first kappa shape index (κ1) is 20.1. The van der Waals surface area contributed by atoms with Crippen molar-refractivity contribution in [1.82, 2.24) is 15.6 Å². The molecule has 1 saturated heterocycles. The molecule has 1 aromatic carbocycles. The van der Waals surface area contributed by atoms with Gasteiger partial charge in [0.15, 0.2) is 5.96 Å². The van der Waals surface area contributed by atoms with Gasteiger partial charge in [0.2, 0.25) is 0 Å². The fraction of sp³-hybridized carbons (Fsp3) is 0.455. The van der Waals surface area contributed by atoms with Crippen molar-refractivity contribution in [3.05, 3.63) is 59.4 Å². The van der Waals surface area contributed by atoms with E-state index >= 15 is 0 Å². The Bertz CT molecular complexity index is 758. The molecule has 1 aliphatic heterocycles. The maximum atomic E-state index is 6.07. The fourth-order valence-electron chi connectivity index (χ4n) is 3.17. The highest BCUT2D eigenvalue weighted by atomic mass is 16.5. The largest absolute Gasteiger partial charge is 0.491 e. The normalized spacial score (nSPS) is 16.8. The van der Waals surface area contributed by atoms with Gasteiger partial charge in [0.25, 0.3) is 0 Å². The number of aliphatic imine (C=N–C) groups is 1. The van der Waals surface area contributed by atoms with Crippen LogP contribution in [0.25, 0.3) is 0 Å². The molecular formula is C22H30N4O2. The average molecular weight is 383 g/mol. The molecule has 0 aliphatic carbocycles. The first-order chi connectivity index (χ1) is 13.7. The topological polar surface area (TPSA) is 67.8 Å². The van der Waals surface area contributed by atoms with Gasteiger partial charge in [0.05, 0.1) is 6.10 Å². The molecule has 1 atom stereocenters. The predicted molar refractivity (Wildman–Crippen MR) is 112 cm³/mol. The second-order valence-corrected chi connectivity index (χ2v) is 7.02. The summed E-state index contributed by atoms with van der Waals surface area (Å²) in [6.45, 7) is 4.97. The number of guanidine groups is 1. The van der Waals surface area contributed by atoms with Crippen LogP contribution >= 0.6 is 0 Å². The number of hydrogen-bond acceptors (Lipinski definition) is 4. The minimum Gasteiger partial charge on any atom is -0.491 e. The molecule has 6 heteroatoms. The Labute approximate surface area is 167 Å². The number of hydrogen-bond donors (Lipinski definition) is 2. The second-order valence-electron chi connectivity index (χ2n) is 7.02. The van der Waals surface area contributed by atoms with E-state index < -0.39 is 0 Å². The molecule has 2 heterocycles. The molecule has 0 saturated carbocycles. The van der Waals surface area contributed by atoms with E-state index in [0.717, 1.165) is 49.7 Å². The summed E-state index contributed by atoms with van der Waals surface area (Å²) in [6, 6.07) is 10.3. The van der Waals surface area contributed by atoms with Crippen molar-refractivity contribution in [3.8, 4) is 5.75 Å². The average Bonchev–Trinajstić information content (AvgIpc) is 3.24. The zero-order valence-corrected chi connectivity index (χ0v) is 16.8. The number of aryl methyl sites for hydroxylation is 1. The van der Waals surface area contributed by atoms with E-state index in [0.29, 0.717) is 13.2 Å². The van der Waals surface area contributed by atoms with E-state index in [1.54, 1.807) is 13.2 Å². The third-order valence-corrected chi connectivity index (χ3v) is 4.77. The zero-order valence-electron chi connectivity index (χ0n) is 16.8. The van der Waals surface area contributed by atoms with E-state index in [2.05, 4.69) is 51.8 Å². The number of pyridine rings is 1. The van der Waals surface area contributed by atoms with Gasteiger partial charge in [-0.2, -0.15) is 0 Å². The maximum Gasteiger partial charge on any atom is 0.191 e. The van der Waals surface area contributed by atoms with Gasteiger partial charge < -0.3 is 20.1 Å². The minimum absolute atomic E-state index is 0.211. The first-order valence-corrected chi connectivity index (χ1v) is 9.92. The van der Waals surface area contributed by atoms with Crippen LogP contribution < -0.4 is 15.4 Å². The highest BCUT2D eigenvalue weighted by Gasteiger charge is 2.17. The van der Waals surface area contributed by atoms with Crippen molar-refractivity contribution in [2.75, 3.05) is 26.8 Å². The molecule has 6 nitrogen and oxygen atoms in total. The number of nitrogens with zero attached hydrogens (tertiary/aromatic N) is 2. The lowest BCUT2D eigenvalue weighted by Gasteiger charge is -2.17. The van der Waals surface area contributed by atoms with E-state index in [1.165, 1.54) is 11.1 Å². The molecule has 3 rings (SSSR count). The van der Waals surface area contributed by atoms with Crippen LogP contribution in [0.4, 0.5) is 0 Å². The third kappa shape index (κ3) is 6.23. The number of rotatable bonds is 8. The Morgan fingerprint density at radius 3 is 3.00 bits per heavy atom. The van der Waals surface area contributed by atoms with Crippen molar-refractivity contribution < 1.29 is 9.47 Å². The van der Waals surface area contributed by atoms with Crippen LogP contribution in [0.15, 0.2) is 47.7 Å². The fourth-order valence-corrected chi connectivity index (χ4v) is 3.17. The number of aromatic nitrogens is 1. The van der Waals surface area contributed by atoms with Crippen molar-refractivity contribution in [1.29, 1.82) is 0 Å². The summed E-state index contributed by atoms with van der Waals surface area (Å²) in [6.07, 6.45) is 6.99. The molecule has 1 unspecified atom stereocenters. The quantitative estimate of drug-likeness (QED) is 0.543. The van der Waals surface area contributed by atoms with Crippen LogP contribution in [-0.4, -0.2) is 43.9 Å². The zero-order chi connectivity index (χ0) is 19.6. The lowest BCUT2D eigenvalue weighted by Crippen LogP contribution is -2.38. The summed E-state index contributed by atoms with van der Waals surface area (Å²) >= 11 is 0. The molecule has 1 fully saturated rings. The molecule has 0 radical (unpaired) electrons. The summed E-state index contributed by atoms with van der Waals surface area (Å²) < 4.78 is 11.7. The highest BCUT2D eigenvalue weighted by Crippen LogP contribution is 2.22. The standard InChI is InChI=1S/C22H30N4O2/c1-17-7-8-19(21(13-17)28-16-20-6-4-12-27-20)15-26-22(23-2)25-11-9-18-5-3-10-24-14-18/h3,5,7-8,10,13-14,20H,4,6,9,11-12,15-16H2,1-2H3,(H2,23,25,26). The minimum atomic E-state index is 0.211. The Kier molecular flexibility index (Phi) is 7.67. The number of nitrogens with one attached hydrogen (secondary N) is 2. The molecule has 28 heavy (non-hydrogen) atoms. The molecule has 2 N–H and O–H groups in total. The van der Waals surface area contributed by atoms with Crippen LogP contribution in [0.2, 0.25) is 0 Å². The number of benzene rings is 1. The van der Waals surface area contributed by atoms with Crippen molar-refractivity contribution in [3.63, 3.8) is 0 Å². The van der Waals surface area contributed by atoms with Crippen LogP contribution in [-0.2, 0) is 17.7 Å². The molecule has 1 aliphatic rings. The third-order valence-electron chi connectivity index (χ3n) is 4.77. The first-order valence-electron chi connectivity index (χ1n) is 9.92. The van der Waals surface area contributed by atoms with Crippen LogP contribution in [0.3, 0.4) is 0 Å². The number of ether oxygens (including phenoxy) is 2. The predicted octanol–water partition coefficient (Wildman–Crippen LogP) is 2.86. The second kappa shape index (κ2) is 10.7. The van der Waals surface area contributed by atoms with Gasteiger partial charge in [-0.25, -0.2) is 0 Å². The van der Waals surface area contributed by atoms with E-state index in [1.807, 2.05) is 12.3 Å². The van der Waals surface area contributed by atoms with Crippen LogP contribution in [0.1, 0.15) is 29.5 Å². The molecule has 150 valence electrons. The maximum absolute atomic E-state index is 6.07. The smallest absolute Gasteiger partial charge is 0.191 e. The van der Waals surface area contributed by atoms with Crippen LogP contribution in [0, 0.1) is 6.92 Å². The Morgan fingerprint density at radius 1 is 1.32 bits per heavy atom. The van der Waals surface area contributed by atoms with Crippen LogP contribution in [0.5, 0.6) is 5.75 Å². The van der Waals surface area contributed by atoms with Gasteiger partial charge in [-0.3, -0.25) is 9.98 Å². The van der Waals surface area contributed by atoms with Gasteiger partial charge in [-0.15, -0.1) is 0 Å². The molecule has 2 aromatic rings. The SMILES string of the molecule is CN=C(NCCc1cccnc1)NCc1ccc(C)cc1OCC1CCCO1. The molecule has 0 amide bonds. The summed E-state index contributed by atoms with van der Waals surface area (Å²) in [7, 11) is 1.78. The summed E-state index contributed by atoms with van der Waals surface area (Å²) in [5.74, 6) is 1.68. The highest BCUT2D eigenvalue weighted by molar-refractivity contribution is 5.79. The van der Waals surface area contributed by atoms with E-state index in [9.17, 15) is 0 Å². The molecule has 0 bridgehead atoms. The molecular weight excluding hydrogens is 352 g/mol. The van der Waals surface area contributed by atoms with E-state index in [-0.39, 0.29) is 6.10 Å².